The topological polar surface area (TPSA) is 32.7 Å². The van der Waals surface area contributed by atoms with Gasteiger partial charge in [0.2, 0.25) is 12.3 Å². The molecule has 5 heteroatoms. The molecule has 0 aromatic heterocycles. The van der Waals surface area contributed by atoms with Crippen LogP contribution < -0.4 is 0 Å². The van der Waals surface area contributed by atoms with E-state index in [4.69, 9.17) is 4.99 Å². The number of halogens is 2. The monoisotopic (exact) mass is 328 g/mol. The summed E-state index contributed by atoms with van der Waals surface area (Å²) in [6.45, 7) is 8.13. The van der Waals surface area contributed by atoms with Gasteiger partial charge in [-0.1, -0.05) is 13.3 Å². The average molecular weight is 328 g/mol. The quantitative estimate of drug-likeness (QED) is 0.397. The van der Waals surface area contributed by atoms with Crippen molar-refractivity contribution in [3.63, 3.8) is 0 Å². The Bertz CT molecular complexity index is 446. The van der Waals surface area contributed by atoms with Crippen LogP contribution in [0.3, 0.4) is 0 Å². The highest BCUT2D eigenvalue weighted by Crippen LogP contribution is 2.55. The highest BCUT2D eigenvalue weighted by Gasteiger charge is 2.54. The molecule has 2 atom stereocenters. The first-order chi connectivity index (χ1) is 10.7. The SMILES string of the molecule is CCCCC(=NC1(C)CC2CC(F)(F)CC2C1)N(C=O)C(C)C. The van der Waals surface area contributed by atoms with Crippen LogP contribution in [0.1, 0.15) is 72.6 Å². The van der Waals surface area contributed by atoms with E-state index in [1.807, 2.05) is 13.8 Å². The van der Waals surface area contributed by atoms with Crippen LogP contribution >= 0.6 is 0 Å². The number of amides is 1. The minimum Gasteiger partial charge on any atom is -0.301 e. The van der Waals surface area contributed by atoms with Gasteiger partial charge in [0.05, 0.1) is 5.54 Å². The number of amidine groups is 1. The van der Waals surface area contributed by atoms with Crippen LogP contribution in [0.2, 0.25) is 0 Å². The summed E-state index contributed by atoms with van der Waals surface area (Å²) in [6.07, 6.45) is 5.10. The van der Waals surface area contributed by atoms with Crippen LogP contribution in [0.25, 0.3) is 0 Å². The van der Waals surface area contributed by atoms with Gasteiger partial charge in [-0.05, 0) is 51.9 Å². The summed E-state index contributed by atoms with van der Waals surface area (Å²) in [5.74, 6) is -1.51. The summed E-state index contributed by atoms with van der Waals surface area (Å²) in [5, 5.41) is 0. The van der Waals surface area contributed by atoms with Crippen LogP contribution in [0.15, 0.2) is 4.99 Å². The molecule has 0 spiro atoms. The van der Waals surface area contributed by atoms with Crippen molar-refractivity contribution in [2.24, 2.45) is 16.8 Å². The number of aliphatic imine (C=N–C) groups is 1. The maximum atomic E-state index is 13.5. The number of carbonyl (C=O) groups excluding carboxylic acids is 1. The van der Waals surface area contributed by atoms with E-state index < -0.39 is 5.92 Å². The van der Waals surface area contributed by atoms with Crippen molar-refractivity contribution in [2.45, 2.75) is 90.1 Å². The number of alkyl halides is 2. The molecule has 0 aliphatic heterocycles. The normalized spacial score (nSPS) is 33.1. The van der Waals surface area contributed by atoms with Gasteiger partial charge in [-0.15, -0.1) is 0 Å². The van der Waals surface area contributed by atoms with Gasteiger partial charge in [-0.25, -0.2) is 8.78 Å². The van der Waals surface area contributed by atoms with E-state index in [-0.39, 0.29) is 36.3 Å². The number of nitrogens with zero attached hydrogens (tertiary/aromatic N) is 2. The molecule has 2 unspecified atom stereocenters. The molecule has 0 aromatic carbocycles. The predicted octanol–water partition coefficient (Wildman–Crippen LogP) is 4.66. The Balaban J connectivity index is 2.17. The molecule has 0 bridgehead atoms. The van der Waals surface area contributed by atoms with E-state index in [0.717, 1.165) is 31.5 Å². The molecule has 2 rings (SSSR count). The first kappa shape index (κ1) is 18.3. The van der Waals surface area contributed by atoms with Crippen molar-refractivity contribution in [3.05, 3.63) is 0 Å². The largest absolute Gasteiger partial charge is 0.301 e. The second-order valence-corrected chi connectivity index (χ2v) is 7.93. The highest BCUT2D eigenvalue weighted by atomic mass is 19.3. The van der Waals surface area contributed by atoms with E-state index in [9.17, 15) is 13.6 Å². The first-order valence-electron chi connectivity index (χ1n) is 8.90. The summed E-state index contributed by atoms with van der Waals surface area (Å²) in [7, 11) is 0. The Kier molecular flexibility index (Phi) is 5.47. The molecule has 2 fully saturated rings. The van der Waals surface area contributed by atoms with Crippen LogP contribution in [0, 0.1) is 11.8 Å². The summed E-state index contributed by atoms with van der Waals surface area (Å²) in [4.78, 5) is 18.1. The summed E-state index contributed by atoms with van der Waals surface area (Å²) in [6, 6.07) is 0.0666. The lowest BCUT2D eigenvalue weighted by Gasteiger charge is -2.29. The van der Waals surface area contributed by atoms with Gasteiger partial charge in [0.25, 0.3) is 0 Å². The Morgan fingerprint density at radius 2 is 1.83 bits per heavy atom. The molecule has 0 saturated heterocycles. The number of unbranched alkanes of at least 4 members (excludes halogenated alkanes) is 1. The molecular weight excluding hydrogens is 298 g/mol. The fourth-order valence-electron chi connectivity index (χ4n) is 4.34. The van der Waals surface area contributed by atoms with Gasteiger partial charge in [0, 0.05) is 25.3 Å². The number of carbonyl (C=O) groups is 1. The van der Waals surface area contributed by atoms with Crippen LogP contribution in [-0.4, -0.2) is 34.6 Å². The zero-order valence-electron chi connectivity index (χ0n) is 14.8. The third kappa shape index (κ3) is 4.30. The Labute approximate surface area is 138 Å². The number of hydrogen-bond donors (Lipinski definition) is 0. The molecule has 0 aromatic rings. The minimum absolute atomic E-state index is 0.00858. The standard InChI is InChI=1S/C18H30F2N2O/c1-5-6-7-16(22(12-23)13(2)3)21-17(4)8-14-10-18(19,20)11-15(14)9-17/h12-15H,5-11H2,1-4H3. The van der Waals surface area contributed by atoms with Gasteiger partial charge < -0.3 is 4.90 Å². The van der Waals surface area contributed by atoms with Crippen molar-refractivity contribution >= 4 is 12.2 Å². The Morgan fingerprint density at radius 3 is 2.26 bits per heavy atom. The average Bonchev–Trinajstić information content (AvgIpc) is 2.84. The molecule has 1 amide bonds. The van der Waals surface area contributed by atoms with E-state index >= 15 is 0 Å². The maximum absolute atomic E-state index is 13.5. The van der Waals surface area contributed by atoms with Crippen LogP contribution in [0.5, 0.6) is 0 Å². The summed E-state index contributed by atoms with van der Waals surface area (Å²) in [5.41, 5.74) is -0.301. The number of hydrogen-bond acceptors (Lipinski definition) is 2. The van der Waals surface area contributed by atoms with Crippen molar-refractivity contribution in [2.75, 3.05) is 0 Å². The molecule has 0 N–H and O–H groups in total. The first-order valence-corrected chi connectivity index (χ1v) is 8.90. The third-order valence-corrected chi connectivity index (χ3v) is 5.31. The second-order valence-electron chi connectivity index (χ2n) is 7.93. The van der Waals surface area contributed by atoms with Crippen molar-refractivity contribution in [1.29, 1.82) is 0 Å². The van der Waals surface area contributed by atoms with Crippen molar-refractivity contribution in [3.8, 4) is 0 Å². The molecular formula is C18H30F2N2O. The molecule has 2 aliphatic rings. The van der Waals surface area contributed by atoms with Crippen LogP contribution in [-0.2, 0) is 4.79 Å². The molecule has 3 nitrogen and oxygen atoms in total. The Hall–Kier alpha value is -1.00. The molecule has 0 heterocycles. The van der Waals surface area contributed by atoms with Crippen LogP contribution in [0.4, 0.5) is 8.78 Å². The van der Waals surface area contributed by atoms with Gasteiger partial charge in [-0.3, -0.25) is 9.79 Å². The Morgan fingerprint density at radius 1 is 1.26 bits per heavy atom. The fraction of sp³-hybridized carbons (Fsp3) is 0.889. The lowest BCUT2D eigenvalue weighted by molar-refractivity contribution is -0.115. The highest BCUT2D eigenvalue weighted by molar-refractivity contribution is 5.91. The maximum Gasteiger partial charge on any atom is 0.248 e. The van der Waals surface area contributed by atoms with Gasteiger partial charge in [-0.2, -0.15) is 0 Å². The number of fused-ring (bicyclic) bond motifs is 1. The molecule has 2 aliphatic carbocycles. The van der Waals surface area contributed by atoms with E-state index in [0.29, 0.717) is 12.8 Å². The van der Waals surface area contributed by atoms with Crippen molar-refractivity contribution < 1.29 is 13.6 Å². The third-order valence-electron chi connectivity index (χ3n) is 5.31. The van der Waals surface area contributed by atoms with Gasteiger partial charge >= 0.3 is 0 Å². The minimum atomic E-state index is -2.49. The smallest absolute Gasteiger partial charge is 0.248 e. The zero-order chi connectivity index (χ0) is 17.3. The van der Waals surface area contributed by atoms with E-state index in [1.54, 1.807) is 4.90 Å². The van der Waals surface area contributed by atoms with E-state index in [2.05, 4.69) is 13.8 Å². The van der Waals surface area contributed by atoms with E-state index in [1.165, 1.54) is 0 Å². The second kappa shape index (κ2) is 6.86. The van der Waals surface area contributed by atoms with Crippen molar-refractivity contribution in [1.82, 2.24) is 4.90 Å². The van der Waals surface area contributed by atoms with Gasteiger partial charge in [0.15, 0.2) is 0 Å². The predicted molar refractivity (Wildman–Crippen MR) is 88.8 cm³/mol. The molecule has 132 valence electrons. The summed E-state index contributed by atoms with van der Waals surface area (Å²) >= 11 is 0. The zero-order valence-corrected chi connectivity index (χ0v) is 14.8. The molecule has 23 heavy (non-hydrogen) atoms. The van der Waals surface area contributed by atoms with Gasteiger partial charge in [0.1, 0.15) is 5.84 Å². The summed E-state index contributed by atoms with van der Waals surface area (Å²) < 4.78 is 27.1. The molecule has 2 saturated carbocycles. The molecule has 0 radical (unpaired) electrons. The lowest BCUT2D eigenvalue weighted by Crippen LogP contribution is -2.38. The lowest BCUT2D eigenvalue weighted by atomic mass is 9.96. The number of rotatable bonds is 6. The fourth-order valence-corrected chi connectivity index (χ4v) is 4.34.